The molecule has 0 aliphatic carbocycles. The summed E-state index contributed by atoms with van der Waals surface area (Å²) in [6.45, 7) is 2.27. The van der Waals surface area contributed by atoms with Crippen LogP contribution in [0.25, 0.3) is 0 Å². The molecule has 5 heteroatoms. The van der Waals surface area contributed by atoms with Crippen molar-refractivity contribution in [1.29, 1.82) is 0 Å². The Morgan fingerprint density at radius 1 is 0.947 bits per heavy atom. The average Bonchev–Trinajstić information content (AvgIpc) is 2.82. The maximum Gasteiger partial charge on any atom is 0.216 e. The van der Waals surface area contributed by atoms with Gasteiger partial charge in [-0.2, -0.15) is 4.98 Å². The van der Waals surface area contributed by atoms with Crippen LogP contribution in [-0.4, -0.2) is 20.9 Å². The monoisotopic (exact) mass is 284 g/mol. The molecule has 0 atom stereocenters. The quantitative estimate of drug-likeness (QED) is 0.441. The van der Waals surface area contributed by atoms with E-state index in [4.69, 9.17) is 5.73 Å². The van der Waals surface area contributed by atoms with Gasteiger partial charge in [0.1, 0.15) is 0 Å². The topological polar surface area (TPSA) is 67.6 Å². The molecule has 0 aliphatic heterocycles. The summed E-state index contributed by atoms with van der Waals surface area (Å²) in [4.78, 5) is 4.07. The van der Waals surface area contributed by atoms with Crippen molar-refractivity contribution in [2.24, 2.45) is 0 Å². The summed E-state index contributed by atoms with van der Waals surface area (Å²) in [5.74, 6) is 1.50. The lowest BCUT2D eigenvalue weighted by molar-refractivity contribution is 0.563. The molecule has 0 unspecified atom stereocenters. The Hall–Kier alpha value is -0.710. The lowest BCUT2D eigenvalue weighted by Gasteiger charge is -2.01. The van der Waals surface area contributed by atoms with E-state index < -0.39 is 0 Å². The second kappa shape index (κ2) is 11.1. The number of anilines is 1. The van der Waals surface area contributed by atoms with Gasteiger partial charge in [-0.3, -0.25) is 0 Å². The van der Waals surface area contributed by atoms with Gasteiger partial charge in [-0.1, -0.05) is 76.5 Å². The Morgan fingerprint density at radius 3 is 2.05 bits per heavy atom. The van der Waals surface area contributed by atoms with Crippen LogP contribution < -0.4 is 5.73 Å². The lowest BCUT2D eigenvalue weighted by atomic mass is 10.1. The van der Waals surface area contributed by atoms with Crippen molar-refractivity contribution in [3.05, 3.63) is 0 Å². The van der Waals surface area contributed by atoms with Crippen molar-refractivity contribution in [3.8, 4) is 0 Å². The first-order valence-electron chi connectivity index (χ1n) is 7.63. The molecule has 0 aliphatic rings. The highest BCUT2D eigenvalue weighted by molar-refractivity contribution is 7.99. The summed E-state index contributed by atoms with van der Waals surface area (Å²) in [6.07, 6.45) is 13.8. The first kappa shape index (κ1) is 16.3. The number of rotatable bonds is 12. The second-order valence-corrected chi connectivity index (χ2v) is 6.10. The molecule has 0 saturated carbocycles. The number of nitrogen functional groups attached to an aromatic ring is 1. The fourth-order valence-electron chi connectivity index (χ4n) is 2.08. The molecule has 1 rings (SSSR count). The molecule has 3 N–H and O–H groups in total. The van der Waals surface area contributed by atoms with Gasteiger partial charge in [0.15, 0.2) is 0 Å². The molecule has 0 bridgehead atoms. The van der Waals surface area contributed by atoms with Gasteiger partial charge in [0, 0.05) is 5.75 Å². The number of nitrogens with zero attached hydrogens (tertiary/aromatic N) is 2. The van der Waals surface area contributed by atoms with E-state index in [0.717, 1.165) is 10.9 Å². The highest BCUT2D eigenvalue weighted by Gasteiger charge is 2.00. The molecule has 1 heterocycles. The lowest BCUT2D eigenvalue weighted by Crippen LogP contribution is -1.86. The third-order valence-electron chi connectivity index (χ3n) is 3.21. The van der Waals surface area contributed by atoms with Crippen molar-refractivity contribution >= 4 is 17.7 Å². The molecule has 1 aromatic rings. The van der Waals surface area contributed by atoms with Crippen LogP contribution in [0.4, 0.5) is 5.95 Å². The molecule has 0 amide bonds. The molecule has 0 spiro atoms. The van der Waals surface area contributed by atoms with Crippen LogP contribution in [0.1, 0.15) is 71.1 Å². The molecule has 4 nitrogen and oxygen atoms in total. The van der Waals surface area contributed by atoms with E-state index in [1.165, 1.54) is 64.2 Å². The number of unbranched alkanes of at least 4 members (excludes halogenated alkanes) is 9. The van der Waals surface area contributed by atoms with E-state index in [0.29, 0.717) is 5.95 Å². The average molecular weight is 284 g/mol. The van der Waals surface area contributed by atoms with Crippen LogP contribution in [0.2, 0.25) is 0 Å². The number of hydrogen-bond donors (Lipinski definition) is 2. The summed E-state index contributed by atoms with van der Waals surface area (Å²) >= 11 is 1.69. The predicted octanol–water partition coefficient (Wildman–Crippen LogP) is 4.40. The summed E-state index contributed by atoms with van der Waals surface area (Å²) in [7, 11) is 0. The molecule has 1 aromatic heterocycles. The number of thioether (sulfide) groups is 1. The van der Waals surface area contributed by atoms with Crippen molar-refractivity contribution in [3.63, 3.8) is 0 Å². The summed E-state index contributed by atoms with van der Waals surface area (Å²) in [5.41, 5.74) is 5.46. The van der Waals surface area contributed by atoms with E-state index in [1.807, 2.05) is 0 Å². The second-order valence-electron chi connectivity index (χ2n) is 5.03. The normalized spacial score (nSPS) is 11.0. The Morgan fingerprint density at radius 2 is 1.53 bits per heavy atom. The SMILES string of the molecule is CCCCCCCCCCCCSc1n[nH]c(N)n1. The highest BCUT2D eigenvalue weighted by Crippen LogP contribution is 2.16. The largest absolute Gasteiger partial charge is 0.368 e. The van der Waals surface area contributed by atoms with E-state index >= 15 is 0 Å². The van der Waals surface area contributed by atoms with Crippen LogP contribution in [0.5, 0.6) is 0 Å². The Labute approximate surface area is 121 Å². The fourth-order valence-corrected chi connectivity index (χ4v) is 2.88. The minimum Gasteiger partial charge on any atom is -0.368 e. The molecule has 0 aromatic carbocycles. The molecule has 110 valence electrons. The Bertz CT molecular complexity index is 314. The van der Waals surface area contributed by atoms with Crippen molar-refractivity contribution in [2.75, 3.05) is 11.5 Å². The zero-order valence-corrected chi connectivity index (χ0v) is 13.0. The van der Waals surface area contributed by atoms with Gasteiger partial charge < -0.3 is 5.73 Å². The summed E-state index contributed by atoms with van der Waals surface area (Å²) in [6, 6.07) is 0. The standard InChI is InChI=1S/C14H28N4S/c1-2-3-4-5-6-7-8-9-10-11-12-19-14-16-13(15)17-18-14/h2-12H2,1H3,(H3,15,16,17,18). The molecule has 0 fully saturated rings. The van der Waals surface area contributed by atoms with Crippen molar-refractivity contribution in [1.82, 2.24) is 15.2 Å². The fraction of sp³-hybridized carbons (Fsp3) is 0.857. The number of aromatic nitrogens is 3. The van der Waals surface area contributed by atoms with Gasteiger partial charge in [0.2, 0.25) is 11.1 Å². The summed E-state index contributed by atoms with van der Waals surface area (Å²) < 4.78 is 0. The minimum absolute atomic E-state index is 0.408. The molecule has 0 radical (unpaired) electrons. The van der Waals surface area contributed by atoms with E-state index in [1.54, 1.807) is 11.8 Å². The first-order chi connectivity index (χ1) is 9.33. The smallest absolute Gasteiger partial charge is 0.216 e. The van der Waals surface area contributed by atoms with E-state index in [2.05, 4.69) is 22.1 Å². The third kappa shape index (κ3) is 8.92. The zero-order valence-electron chi connectivity index (χ0n) is 12.2. The van der Waals surface area contributed by atoms with E-state index in [-0.39, 0.29) is 0 Å². The van der Waals surface area contributed by atoms with Crippen molar-refractivity contribution in [2.45, 2.75) is 76.3 Å². The number of H-pyrrole nitrogens is 1. The first-order valence-corrected chi connectivity index (χ1v) is 8.62. The van der Waals surface area contributed by atoms with Crippen molar-refractivity contribution < 1.29 is 0 Å². The maximum atomic E-state index is 5.46. The van der Waals surface area contributed by atoms with Gasteiger partial charge in [0.25, 0.3) is 0 Å². The number of nitrogens with two attached hydrogens (primary N) is 1. The van der Waals surface area contributed by atoms with Crippen LogP contribution in [-0.2, 0) is 0 Å². The predicted molar refractivity (Wildman–Crippen MR) is 83.4 cm³/mol. The number of nitrogens with one attached hydrogen (secondary N) is 1. The molecule has 0 saturated heterocycles. The van der Waals surface area contributed by atoms with Crippen LogP contribution in [0.3, 0.4) is 0 Å². The Balaban J connectivity index is 1.79. The van der Waals surface area contributed by atoms with Crippen LogP contribution in [0, 0.1) is 0 Å². The Kier molecular flexibility index (Phi) is 9.59. The number of hydrogen-bond acceptors (Lipinski definition) is 4. The van der Waals surface area contributed by atoms with Gasteiger partial charge in [0.05, 0.1) is 0 Å². The van der Waals surface area contributed by atoms with Gasteiger partial charge >= 0.3 is 0 Å². The number of aromatic amines is 1. The van der Waals surface area contributed by atoms with Crippen LogP contribution >= 0.6 is 11.8 Å². The molecular formula is C14H28N4S. The van der Waals surface area contributed by atoms with E-state index in [9.17, 15) is 0 Å². The van der Waals surface area contributed by atoms with Crippen LogP contribution in [0.15, 0.2) is 5.16 Å². The zero-order chi connectivity index (χ0) is 13.8. The maximum absolute atomic E-state index is 5.46. The third-order valence-corrected chi connectivity index (χ3v) is 4.14. The molecule has 19 heavy (non-hydrogen) atoms. The summed E-state index contributed by atoms with van der Waals surface area (Å²) in [5, 5.41) is 7.43. The van der Waals surface area contributed by atoms with Gasteiger partial charge in [-0.25, -0.2) is 5.10 Å². The minimum atomic E-state index is 0.408. The molecular weight excluding hydrogens is 256 g/mol. The van der Waals surface area contributed by atoms with Gasteiger partial charge in [-0.15, -0.1) is 5.10 Å². The highest BCUT2D eigenvalue weighted by atomic mass is 32.2. The van der Waals surface area contributed by atoms with Gasteiger partial charge in [-0.05, 0) is 6.42 Å².